The molecule has 23 heavy (non-hydrogen) atoms. The average molecular weight is 318 g/mol. The van der Waals surface area contributed by atoms with E-state index in [4.69, 9.17) is 0 Å². The zero-order chi connectivity index (χ0) is 16.1. The highest BCUT2D eigenvalue weighted by molar-refractivity contribution is 5.95. The van der Waals surface area contributed by atoms with Crippen molar-refractivity contribution in [2.75, 3.05) is 6.61 Å². The molecule has 124 valence electrons. The number of amides is 1. The van der Waals surface area contributed by atoms with Crippen molar-refractivity contribution >= 4 is 5.91 Å². The van der Waals surface area contributed by atoms with Gasteiger partial charge in [0.1, 0.15) is 5.82 Å². The second-order valence-electron chi connectivity index (χ2n) is 5.48. The molecule has 0 saturated carbocycles. The number of carbonyl (C=O) groups excluding carboxylic acids is 1. The number of pyridine rings is 1. The summed E-state index contributed by atoms with van der Waals surface area (Å²) in [5.74, 6) is -0.472. The number of aliphatic hydroxyl groups excluding tert-OH is 1. The summed E-state index contributed by atoms with van der Waals surface area (Å²) in [6.45, 7) is 3.73. The summed E-state index contributed by atoms with van der Waals surface area (Å²) in [7, 11) is 0. The van der Waals surface area contributed by atoms with Gasteiger partial charge in [-0.3, -0.25) is 9.78 Å². The van der Waals surface area contributed by atoms with Crippen LogP contribution < -0.4 is 5.32 Å². The maximum atomic E-state index is 13.0. The van der Waals surface area contributed by atoms with E-state index in [0.29, 0.717) is 5.56 Å². The lowest BCUT2D eigenvalue weighted by Crippen LogP contribution is -2.41. The molecule has 1 atom stereocenters. The van der Waals surface area contributed by atoms with Crippen LogP contribution in [0.4, 0.5) is 4.39 Å². The fourth-order valence-electron chi connectivity index (χ4n) is 2.04. The van der Waals surface area contributed by atoms with Crippen LogP contribution in [0.5, 0.6) is 0 Å². The zero-order valence-electron chi connectivity index (χ0n) is 12.6. The minimum Gasteiger partial charge on any atom is -0.394 e. The van der Waals surface area contributed by atoms with Crippen molar-refractivity contribution in [2.45, 2.75) is 27.3 Å². The molecule has 0 aliphatic carbocycles. The first kappa shape index (κ1) is 18.8. The molecule has 1 heterocycles. The Morgan fingerprint density at radius 3 is 2.43 bits per heavy atom. The monoisotopic (exact) mass is 318 g/mol. The Hall–Kier alpha value is -2.27. The number of nitrogens with one attached hydrogen (secondary N) is 1. The Kier molecular flexibility index (Phi) is 6.85. The number of rotatable bonds is 5. The highest BCUT2D eigenvalue weighted by Crippen LogP contribution is 2.19. The standard InChI is InChI=1S/C17H19FN2O2.CH4/c1-11(2)16(10-21)20-17(22)14-7-13(8-19-9-14)12-3-5-15(18)6-4-12;/h3-9,11,16,21H,10H2,1-2H3,(H,20,22);1H4. The number of benzene rings is 1. The molecule has 1 unspecified atom stereocenters. The highest BCUT2D eigenvalue weighted by Gasteiger charge is 2.16. The van der Waals surface area contributed by atoms with Crippen LogP contribution in [0, 0.1) is 11.7 Å². The van der Waals surface area contributed by atoms with E-state index >= 15 is 0 Å². The molecule has 1 aromatic carbocycles. The van der Waals surface area contributed by atoms with Crippen LogP contribution in [0.15, 0.2) is 42.7 Å². The molecular weight excluding hydrogens is 295 g/mol. The third-order valence-electron chi connectivity index (χ3n) is 3.50. The van der Waals surface area contributed by atoms with Crippen LogP contribution in [0.3, 0.4) is 0 Å². The smallest absolute Gasteiger partial charge is 0.253 e. The van der Waals surface area contributed by atoms with Crippen LogP contribution in [0.25, 0.3) is 11.1 Å². The number of hydrogen-bond donors (Lipinski definition) is 2. The molecule has 1 aromatic heterocycles. The van der Waals surface area contributed by atoms with Gasteiger partial charge in [-0.1, -0.05) is 33.4 Å². The molecule has 4 nitrogen and oxygen atoms in total. The summed E-state index contributed by atoms with van der Waals surface area (Å²) in [5, 5.41) is 12.1. The number of hydrogen-bond acceptors (Lipinski definition) is 3. The van der Waals surface area contributed by atoms with Crippen molar-refractivity contribution in [3.63, 3.8) is 0 Å². The van der Waals surface area contributed by atoms with Crippen LogP contribution in [-0.2, 0) is 0 Å². The van der Waals surface area contributed by atoms with Gasteiger partial charge in [-0.25, -0.2) is 4.39 Å². The maximum Gasteiger partial charge on any atom is 0.253 e. The third-order valence-corrected chi connectivity index (χ3v) is 3.50. The number of aliphatic hydroxyl groups is 1. The van der Waals surface area contributed by atoms with E-state index in [-0.39, 0.29) is 37.7 Å². The molecular formula is C18H23FN2O2. The lowest BCUT2D eigenvalue weighted by atomic mass is 10.0. The number of carbonyl (C=O) groups is 1. The molecule has 0 fully saturated rings. The second kappa shape index (κ2) is 8.39. The van der Waals surface area contributed by atoms with Crippen molar-refractivity contribution < 1.29 is 14.3 Å². The summed E-state index contributed by atoms with van der Waals surface area (Å²) >= 11 is 0. The fourth-order valence-corrected chi connectivity index (χ4v) is 2.04. The Balaban J connectivity index is 0.00000264. The van der Waals surface area contributed by atoms with Crippen molar-refractivity contribution in [3.05, 3.63) is 54.1 Å². The zero-order valence-corrected chi connectivity index (χ0v) is 12.6. The van der Waals surface area contributed by atoms with E-state index in [2.05, 4.69) is 10.3 Å². The maximum absolute atomic E-state index is 13.0. The largest absolute Gasteiger partial charge is 0.394 e. The van der Waals surface area contributed by atoms with E-state index in [1.165, 1.54) is 18.3 Å². The van der Waals surface area contributed by atoms with Gasteiger partial charge in [-0.2, -0.15) is 0 Å². The molecule has 0 radical (unpaired) electrons. The van der Waals surface area contributed by atoms with Crippen LogP contribution in [0.2, 0.25) is 0 Å². The Morgan fingerprint density at radius 1 is 1.22 bits per heavy atom. The lowest BCUT2D eigenvalue weighted by Gasteiger charge is -2.19. The first-order chi connectivity index (χ1) is 10.5. The number of halogens is 1. The van der Waals surface area contributed by atoms with Crippen molar-refractivity contribution in [2.24, 2.45) is 5.92 Å². The lowest BCUT2D eigenvalue weighted by molar-refractivity contribution is 0.0896. The van der Waals surface area contributed by atoms with Gasteiger partial charge in [0.2, 0.25) is 0 Å². The van der Waals surface area contributed by atoms with Crippen LogP contribution in [0.1, 0.15) is 31.6 Å². The number of nitrogens with zero attached hydrogens (tertiary/aromatic N) is 1. The molecule has 0 aliphatic heterocycles. The van der Waals surface area contributed by atoms with Crippen molar-refractivity contribution in [1.82, 2.24) is 10.3 Å². The predicted octanol–water partition coefficient (Wildman–Crippen LogP) is 3.27. The van der Waals surface area contributed by atoms with Gasteiger partial charge in [-0.05, 0) is 29.7 Å². The first-order valence-electron chi connectivity index (χ1n) is 7.14. The second-order valence-corrected chi connectivity index (χ2v) is 5.48. The fraction of sp³-hybridized carbons (Fsp3) is 0.333. The highest BCUT2D eigenvalue weighted by atomic mass is 19.1. The predicted molar refractivity (Wildman–Crippen MR) is 89.5 cm³/mol. The summed E-state index contributed by atoms with van der Waals surface area (Å²) in [6.07, 6.45) is 3.09. The SMILES string of the molecule is C.CC(C)C(CO)NC(=O)c1cncc(-c2ccc(F)cc2)c1. The van der Waals surface area contributed by atoms with Gasteiger partial charge < -0.3 is 10.4 Å². The first-order valence-corrected chi connectivity index (χ1v) is 7.14. The molecule has 2 aromatic rings. The summed E-state index contributed by atoms with van der Waals surface area (Å²) in [4.78, 5) is 16.3. The molecule has 2 rings (SSSR count). The minimum atomic E-state index is -0.312. The van der Waals surface area contributed by atoms with Gasteiger partial charge in [-0.15, -0.1) is 0 Å². The van der Waals surface area contributed by atoms with Crippen LogP contribution in [-0.4, -0.2) is 28.6 Å². The molecule has 0 spiro atoms. The summed E-state index contributed by atoms with van der Waals surface area (Å²) in [5.41, 5.74) is 1.92. The molecule has 2 N–H and O–H groups in total. The summed E-state index contributed by atoms with van der Waals surface area (Å²) < 4.78 is 13.0. The molecule has 0 aliphatic rings. The van der Waals surface area contributed by atoms with Crippen molar-refractivity contribution in [1.29, 1.82) is 0 Å². The van der Waals surface area contributed by atoms with Crippen LogP contribution >= 0.6 is 0 Å². The van der Waals surface area contributed by atoms with E-state index in [1.54, 1.807) is 24.4 Å². The van der Waals surface area contributed by atoms with Gasteiger partial charge >= 0.3 is 0 Å². The van der Waals surface area contributed by atoms with Gasteiger partial charge in [0.25, 0.3) is 5.91 Å². The quantitative estimate of drug-likeness (QED) is 0.889. The Labute approximate surface area is 136 Å². The van der Waals surface area contributed by atoms with E-state index < -0.39 is 0 Å². The normalized spacial score (nSPS) is 11.7. The Bertz CT molecular complexity index is 642. The van der Waals surface area contributed by atoms with E-state index in [1.807, 2.05) is 13.8 Å². The van der Waals surface area contributed by atoms with E-state index in [0.717, 1.165) is 11.1 Å². The van der Waals surface area contributed by atoms with Gasteiger partial charge in [0, 0.05) is 18.0 Å². The topological polar surface area (TPSA) is 62.2 Å². The van der Waals surface area contributed by atoms with Gasteiger partial charge in [0.15, 0.2) is 0 Å². The Morgan fingerprint density at radius 2 is 1.87 bits per heavy atom. The third kappa shape index (κ3) is 4.86. The average Bonchev–Trinajstić information content (AvgIpc) is 2.53. The van der Waals surface area contributed by atoms with Gasteiger partial charge in [0.05, 0.1) is 18.2 Å². The minimum absolute atomic E-state index is 0. The molecule has 0 saturated heterocycles. The van der Waals surface area contributed by atoms with E-state index in [9.17, 15) is 14.3 Å². The molecule has 0 bridgehead atoms. The molecule has 1 amide bonds. The number of aromatic nitrogens is 1. The molecule has 5 heteroatoms. The van der Waals surface area contributed by atoms with Crippen molar-refractivity contribution in [3.8, 4) is 11.1 Å². The summed E-state index contributed by atoms with van der Waals surface area (Å²) in [6, 6.07) is 7.40.